The molecule has 0 fully saturated rings. The Bertz CT molecular complexity index is 715. The van der Waals surface area contributed by atoms with Crippen LogP contribution in [0.15, 0.2) is 15.7 Å². The van der Waals surface area contributed by atoms with Crippen LogP contribution in [0.3, 0.4) is 0 Å². The molecule has 0 spiro atoms. The van der Waals surface area contributed by atoms with Gasteiger partial charge in [0.1, 0.15) is 11.4 Å². The number of rotatable bonds is 2. The second-order valence-corrected chi connectivity index (χ2v) is 5.11. The molecule has 0 aromatic carbocycles. The number of hydrogen-bond acceptors (Lipinski definition) is 4. The van der Waals surface area contributed by atoms with E-state index in [1.807, 2.05) is 13.8 Å². The topological polar surface area (TPSA) is 78.7 Å². The molecule has 2 rings (SSSR count). The van der Waals surface area contributed by atoms with Gasteiger partial charge >= 0.3 is 5.69 Å². The standard InChI is InChI=1S/C11H11N3O2S/c1-6(2)8-5-7-9(17-8)13-11(16)14(4-3-12)10(7)15/h5-6H,4H2,1-2H3,(H,13,16). The summed E-state index contributed by atoms with van der Waals surface area (Å²) < 4.78 is 0.916. The van der Waals surface area contributed by atoms with Gasteiger partial charge in [0, 0.05) is 4.88 Å². The van der Waals surface area contributed by atoms with E-state index in [0.717, 1.165) is 9.44 Å². The Morgan fingerprint density at radius 1 is 1.53 bits per heavy atom. The van der Waals surface area contributed by atoms with Crippen molar-refractivity contribution < 1.29 is 0 Å². The fraction of sp³-hybridized carbons (Fsp3) is 0.364. The van der Waals surface area contributed by atoms with Crippen LogP contribution < -0.4 is 11.2 Å². The zero-order valence-corrected chi connectivity index (χ0v) is 10.3. The Hall–Kier alpha value is -1.87. The third-order valence-corrected chi connectivity index (χ3v) is 3.84. The molecule has 2 aromatic heterocycles. The lowest BCUT2D eigenvalue weighted by Crippen LogP contribution is -2.34. The van der Waals surface area contributed by atoms with E-state index in [1.54, 1.807) is 12.1 Å². The molecule has 0 aliphatic heterocycles. The molecule has 2 aromatic rings. The number of nitriles is 1. The van der Waals surface area contributed by atoms with Crippen molar-refractivity contribution in [3.05, 3.63) is 31.8 Å². The van der Waals surface area contributed by atoms with Crippen LogP contribution in [0.1, 0.15) is 24.6 Å². The van der Waals surface area contributed by atoms with E-state index >= 15 is 0 Å². The van der Waals surface area contributed by atoms with Crippen molar-refractivity contribution >= 4 is 21.6 Å². The highest BCUT2D eigenvalue weighted by atomic mass is 32.1. The summed E-state index contributed by atoms with van der Waals surface area (Å²) in [7, 11) is 0. The maximum Gasteiger partial charge on any atom is 0.330 e. The number of thiophene rings is 1. The van der Waals surface area contributed by atoms with Gasteiger partial charge in [-0.2, -0.15) is 5.26 Å². The smallest absolute Gasteiger partial charge is 0.298 e. The third-order valence-electron chi connectivity index (χ3n) is 2.49. The van der Waals surface area contributed by atoms with Crippen molar-refractivity contribution in [1.82, 2.24) is 9.55 Å². The number of aromatic nitrogens is 2. The van der Waals surface area contributed by atoms with Gasteiger partial charge in [0.15, 0.2) is 0 Å². The van der Waals surface area contributed by atoms with Gasteiger partial charge in [-0.05, 0) is 12.0 Å². The first-order valence-corrected chi connectivity index (χ1v) is 5.99. The van der Waals surface area contributed by atoms with Crippen LogP contribution in [0.4, 0.5) is 0 Å². The lowest BCUT2D eigenvalue weighted by molar-refractivity contribution is 0.736. The quantitative estimate of drug-likeness (QED) is 0.873. The fourth-order valence-electron chi connectivity index (χ4n) is 1.56. The molecular weight excluding hydrogens is 238 g/mol. The SMILES string of the molecule is CC(C)c1cc2c(=O)n(CC#N)c(=O)[nH]c2s1. The van der Waals surface area contributed by atoms with Gasteiger partial charge in [0.05, 0.1) is 11.5 Å². The summed E-state index contributed by atoms with van der Waals surface area (Å²) in [6.45, 7) is 3.82. The Morgan fingerprint density at radius 3 is 2.82 bits per heavy atom. The number of hydrogen-bond donors (Lipinski definition) is 1. The molecule has 17 heavy (non-hydrogen) atoms. The molecule has 0 amide bonds. The third kappa shape index (κ3) is 1.89. The van der Waals surface area contributed by atoms with E-state index in [-0.39, 0.29) is 6.54 Å². The summed E-state index contributed by atoms with van der Waals surface area (Å²) in [5.41, 5.74) is -0.922. The number of nitrogens with zero attached hydrogens (tertiary/aromatic N) is 2. The van der Waals surface area contributed by atoms with E-state index in [4.69, 9.17) is 5.26 Å². The zero-order valence-electron chi connectivity index (χ0n) is 9.48. The van der Waals surface area contributed by atoms with Crippen molar-refractivity contribution in [1.29, 1.82) is 5.26 Å². The molecule has 5 nitrogen and oxygen atoms in total. The Kier molecular flexibility index (Phi) is 2.86. The number of aromatic amines is 1. The summed E-state index contributed by atoms with van der Waals surface area (Å²) in [6, 6.07) is 3.59. The van der Waals surface area contributed by atoms with Crippen LogP contribution in [-0.2, 0) is 6.54 Å². The van der Waals surface area contributed by atoms with Crippen LogP contribution in [0, 0.1) is 11.3 Å². The molecule has 0 aliphatic carbocycles. The summed E-state index contributed by atoms with van der Waals surface area (Å²) in [6.07, 6.45) is 0. The van der Waals surface area contributed by atoms with Gasteiger partial charge < -0.3 is 0 Å². The van der Waals surface area contributed by atoms with E-state index in [1.165, 1.54) is 11.3 Å². The van der Waals surface area contributed by atoms with Gasteiger partial charge in [-0.3, -0.25) is 9.78 Å². The van der Waals surface area contributed by atoms with Crippen molar-refractivity contribution in [3.8, 4) is 6.07 Å². The highest BCUT2D eigenvalue weighted by molar-refractivity contribution is 7.18. The largest absolute Gasteiger partial charge is 0.330 e. The molecule has 88 valence electrons. The van der Waals surface area contributed by atoms with Crippen molar-refractivity contribution in [2.24, 2.45) is 0 Å². The minimum absolute atomic E-state index is 0.225. The molecule has 6 heteroatoms. The maximum atomic E-state index is 12.0. The van der Waals surface area contributed by atoms with E-state index in [2.05, 4.69) is 4.98 Å². The molecule has 0 atom stereocenters. The van der Waals surface area contributed by atoms with Crippen LogP contribution in [0.25, 0.3) is 10.2 Å². The van der Waals surface area contributed by atoms with Crippen LogP contribution >= 0.6 is 11.3 Å². The van der Waals surface area contributed by atoms with Crippen LogP contribution in [0.2, 0.25) is 0 Å². The second-order valence-electron chi connectivity index (χ2n) is 4.03. The first-order chi connectivity index (χ1) is 8.04. The Morgan fingerprint density at radius 2 is 2.24 bits per heavy atom. The normalized spacial score (nSPS) is 10.9. The van der Waals surface area contributed by atoms with Gasteiger partial charge in [-0.15, -0.1) is 11.3 Å². The summed E-state index contributed by atoms with van der Waals surface area (Å²) in [5.74, 6) is 0.305. The van der Waals surface area contributed by atoms with Crippen LogP contribution in [-0.4, -0.2) is 9.55 Å². The minimum Gasteiger partial charge on any atom is -0.298 e. The van der Waals surface area contributed by atoms with E-state index < -0.39 is 11.2 Å². The average Bonchev–Trinajstić information content (AvgIpc) is 2.68. The van der Waals surface area contributed by atoms with Crippen molar-refractivity contribution in [3.63, 3.8) is 0 Å². The van der Waals surface area contributed by atoms with Gasteiger partial charge in [0.2, 0.25) is 0 Å². The maximum absolute atomic E-state index is 12.0. The number of fused-ring (bicyclic) bond motifs is 1. The molecule has 0 bridgehead atoms. The first kappa shape index (κ1) is 11.6. The number of nitrogens with one attached hydrogen (secondary N) is 1. The highest BCUT2D eigenvalue weighted by Crippen LogP contribution is 2.26. The molecule has 2 heterocycles. The zero-order chi connectivity index (χ0) is 12.6. The van der Waals surface area contributed by atoms with E-state index in [0.29, 0.717) is 16.1 Å². The van der Waals surface area contributed by atoms with Crippen molar-refractivity contribution in [2.75, 3.05) is 0 Å². The Labute approximate surface area is 101 Å². The lowest BCUT2D eigenvalue weighted by Gasteiger charge is -1.97. The lowest BCUT2D eigenvalue weighted by atomic mass is 10.2. The predicted molar refractivity (Wildman–Crippen MR) is 66.4 cm³/mol. The van der Waals surface area contributed by atoms with Crippen molar-refractivity contribution in [2.45, 2.75) is 26.3 Å². The fourth-order valence-corrected chi connectivity index (χ4v) is 2.61. The molecular formula is C11H11N3O2S. The van der Waals surface area contributed by atoms with Gasteiger partial charge in [0.25, 0.3) is 5.56 Å². The monoisotopic (exact) mass is 249 g/mol. The summed E-state index contributed by atoms with van der Waals surface area (Å²) >= 11 is 1.41. The molecule has 0 radical (unpaired) electrons. The summed E-state index contributed by atoms with van der Waals surface area (Å²) in [4.78, 5) is 27.8. The highest BCUT2D eigenvalue weighted by Gasteiger charge is 2.12. The molecule has 1 N–H and O–H groups in total. The number of H-pyrrole nitrogens is 1. The van der Waals surface area contributed by atoms with Gasteiger partial charge in [-0.1, -0.05) is 13.8 Å². The van der Waals surface area contributed by atoms with E-state index in [9.17, 15) is 9.59 Å². The predicted octanol–water partition coefficient (Wildman–Crippen LogP) is 1.40. The second kappa shape index (κ2) is 4.18. The molecule has 0 saturated carbocycles. The van der Waals surface area contributed by atoms with Gasteiger partial charge in [-0.25, -0.2) is 9.36 Å². The Balaban J connectivity index is 2.80. The molecule has 0 aliphatic rings. The minimum atomic E-state index is -0.527. The first-order valence-electron chi connectivity index (χ1n) is 5.18. The molecule has 0 saturated heterocycles. The average molecular weight is 249 g/mol. The summed E-state index contributed by atoms with van der Waals surface area (Å²) in [5, 5.41) is 9.05. The molecule has 0 unspecified atom stereocenters. The van der Waals surface area contributed by atoms with Crippen LogP contribution in [0.5, 0.6) is 0 Å².